The number of hydrogen-bond acceptors (Lipinski definition) is 5. The number of amides is 3. The molecule has 192 valence electrons. The molecule has 2 saturated carbocycles. The highest BCUT2D eigenvalue weighted by molar-refractivity contribution is 9.12. The Kier molecular flexibility index (Phi) is 6.35. The maximum absolute atomic E-state index is 13.4. The fourth-order valence-corrected chi connectivity index (χ4v) is 8.60. The lowest BCUT2D eigenvalue weighted by molar-refractivity contribution is -0.139. The van der Waals surface area contributed by atoms with Crippen molar-refractivity contribution in [2.45, 2.75) is 29.4 Å². The van der Waals surface area contributed by atoms with Crippen molar-refractivity contribution < 1.29 is 23.9 Å². The number of carbonyl (C=O) groups excluding carboxylic acids is 4. The average Bonchev–Trinajstić information content (AvgIpc) is 3.58. The quantitative estimate of drug-likeness (QED) is 0.195. The molecular weight excluding hydrogens is 672 g/mol. The Hall–Kier alpha value is -2.04. The molecule has 7 nitrogen and oxygen atoms in total. The number of ether oxygens (including phenoxy) is 1. The van der Waals surface area contributed by atoms with Gasteiger partial charge in [-0.2, -0.15) is 0 Å². The topological polar surface area (TPSA) is 84.0 Å². The van der Waals surface area contributed by atoms with Gasteiger partial charge in [0.1, 0.15) is 5.75 Å². The van der Waals surface area contributed by atoms with Gasteiger partial charge in [-0.3, -0.25) is 19.2 Å². The Bertz CT molecular complexity index is 1300. The minimum atomic E-state index is -0.581. The summed E-state index contributed by atoms with van der Waals surface area (Å²) in [4.78, 5) is 55.4. The number of carbonyl (C=O) groups is 4. The van der Waals surface area contributed by atoms with Crippen molar-refractivity contribution in [3.8, 4) is 5.75 Å². The molecule has 2 bridgehead atoms. The molecule has 2 aliphatic heterocycles. The second-order valence-corrected chi connectivity index (χ2v) is 13.3. The molecule has 2 aliphatic carbocycles. The highest BCUT2D eigenvalue weighted by Gasteiger charge is 2.66. The largest absolute Gasteiger partial charge is 0.426 e. The molecule has 37 heavy (non-hydrogen) atoms. The Labute approximate surface area is 239 Å². The van der Waals surface area contributed by atoms with Crippen molar-refractivity contribution in [2.75, 3.05) is 16.3 Å². The predicted molar refractivity (Wildman–Crippen MR) is 148 cm³/mol. The molecule has 2 heterocycles. The minimum Gasteiger partial charge on any atom is -0.426 e. The minimum absolute atomic E-state index is 0.0803. The van der Waals surface area contributed by atoms with Gasteiger partial charge in [-0.1, -0.05) is 47.8 Å². The number of nitrogens with zero attached hydrogens (tertiary/aromatic N) is 2. The lowest BCUT2D eigenvalue weighted by Gasteiger charge is -2.28. The summed E-state index contributed by atoms with van der Waals surface area (Å²) in [5.74, 6) is -1.44. The Morgan fingerprint density at radius 2 is 1.57 bits per heavy atom. The molecule has 0 radical (unpaired) electrons. The van der Waals surface area contributed by atoms with Crippen LogP contribution in [0.3, 0.4) is 0 Å². The third kappa shape index (κ3) is 4.01. The van der Waals surface area contributed by atoms with Gasteiger partial charge >= 0.3 is 5.97 Å². The molecule has 0 spiro atoms. The third-order valence-electron chi connectivity index (χ3n) is 8.21. The van der Waals surface area contributed by atoms with Gasteiger partial charge in [0.2, 0.25) is 17.7 Å². The van der Waals surface area contributed by atoms with Crippen molar-refractivity contribution in [3.63, 3.8) is 0 Å². The smallest absolute Gasteiger partial charge is 0.316 e. The van der Waals surface area contributed by atoms with Gasteiger partial charge in [-0.25, -0.2) is 4.90 Å². The van der Waals surface area contributed by atoms with Crippen LogP contribution in [0.5, 0.6) is 5.75 Å². The van der Waals surface area contributed by atoms with Gasteiger partial charge in [0.25, 0.3) is 0 Å². The summed E-state index contributed by atoms with van der Waals surface area (Å²) < 4.78 is 6.53. The molecule has 7 atom stereocenters. The first-order chi connectivity index (χ1) is 17.7. The van der Waals surface area contributed by atoms with Crippen LogP contribution >= 0.6 is 47.8 Å². The molecule has 0 aromatic heterocycles. The molecule has 10 heteroatoms. The van der Waals surface area contributed by atoms with Gasteiger partial charge < -0.3 is 9.64 Å². The van der Waals surface area contributed by atoms with Crippen LogP contribution in [0.15, 0.2) is 46.9 Å². The van der Waals surface area contributed by atoms with Crippen LogP contribution in [0, 0.1) is 36.5 Å². The Morgan fingerprint density at radius 1 is 0.946 bits per heavy atom. The van der Waals surface area contributed by atoms with Gasteiger partial charge in [0, 0.05) is 32.8 Å². The molecule has 6 rings (SSSR count). The number of anilines is 2. The monoisotopic (exact) mass is 692 g/mol. The first-order valence-corrected chi connectivity index (χ1v) is 14.8. The fourth-order valence-electron chi connectivity index (χ4n) is 6.46. The molecule has 4 fully saturated rings. The van der Waals surface area contributed by atoms with E-state index in [0.717, 1.165) is 16.6 Å². The highest BCUT2D eigenvalue weighted by atomic mass is 79.9. The lowest BCUT2D eigenvalue weighted by atomic mass is 9.81. The van der Waals surface area contributed by atoms with Crippen molar-refractivity contribution in [3.05, 3.63) is 52.5 Å². The standard InChI is InChI=1S/C27H23Br3N2O5/c1-12-8-16(37-27(36)13-9-20(33)31(11-13)15-4-2-14(28)3-5-15)6-7-19(12)32-25(34)21-17-10-18(22(21)26(32)35)24(30)23(17)29/h2-8,13,17-18,21-24H,9-11H2,1H3/t13-,17-,18-,21-,22-,23+,24+/m1/s1. The zero-order valence-electron chi connectivity index (χ0n) is 19.8. The molecular formula is C27H23Br3N2O5. The van der Waals surface area contributed by atoms with E-state index < -0.39 is 11.9 Å². The first kappa shape index (κ1) is 25.2. The molecule has 3 amide bonds. The van der Waals surface area contributed by atoms with E-state index in [-0.39, 0.29) is 64.0 Å². The number of hydrogen-bond donors (Lipinski definition) is 0. The molecule has 4 aliphatic rings. The SMILES string of the molecule is Cc1cc(OC(=O)[C@@H]2CC(=O)N(c3ccc(Br)cc3)C2)ccc1N1C(=O)[C@@H]2[C@H]3C[C@@H]([C@H](Br)[C@H]3Br)[C@H]2C1=O. The number of fused-ring (bicyclic) bond motifs is 5. The van der Waals surface area contributed by atoms with Gasteiger partial charge in [-0.15, -0.1) is 0 Å². The van der Waals surface area contributed by atoms with Gasteiger partial charge in [0.15, 0.2) is 0 Å². The van der Waals surface area contributed by atoms with E-state index in [1.165, 1.54) is 4.90 Å². The van der Waals surface area contributed by atoms with Crippen molar-refractivity contribution in [1.29, 1.82) is 0 Å². The molecule has 2 aromatic carbocycles. The summed E-state index contributed by atoms with van der Waals surface area (Å²) in [6.07, 6.45) is 0.959. The highest BCUT2D eigenvalue weighted by Crippen LogP contribution is 2.60. The van der Waals surface area contributed by atoms with Gasteiger partial charge in [0.05, 0.1) is 23.4 Å². The van der Waals surface area contributed by atoms with E-state index >= 15 is 0 Å². The number of imide groups is 1. The Balaban J connectivity index is 1.16. The molecule has 0 N–H and O–H groups in total. The summed E-state index contributed by atoms with van der Waals surface area (Å²) in [6, 6.07) is 12.3. The van der Waals surface area contributed by atoms with Crippen LogP contribution in [-0.4, -0.2) is 39.9 Å². The third-order valence-corrected chi connectivity index (χ3v) is 11.9. The molecule has 2 aromatic rings. The number of esters is 1. The Morgan fingerprint density at radius 3 is 2.16 bits per heavy atom. The van der Waals surface area contributed by atoms with Crippen LogP contribution < -0.4 is 14.5 Å². The van der Waals surface area contributed by atoms with Crippen molar-refractivity contribution in [2.24, 2.45) is 29.6 Å². The van der Waals surface area contributed by atoms with E-state index in [1.54, 1.807) is 30.0 Å². The van der Waals surface area contributed by atoms with Gasteiger partial charge in [-0.05, 0) is 73.2 Å². The van der Waals surface area contributed by atoms with Crippen LogP contribution in [0.4, 0.5) is 11.4 Å². The summed E-state index contributed by atoms with van der Waals surface area (Å²) in [7, 11) is 0. The van der Waals surface area contributed by atoms with Crippen molar-refractivity contribution in [1.82, 2.24) is 0 Å². The zero-order chi connectivity index (χ0) is 26.2. The summed E-state index contributed by atoms with van der Waals surface area (Å²) in [5.41, 5.74) is 1.93. The number of halogens is 3. The number of aryl methyl sites for hydroxylation is 1. The average molecular weight is 695 g/mol. The normalized spacial score (nSPS) is 32.4. The predicted octanol–water partition coefficient (Wildman–Crippen LogP) is 5.00. The van der Waals surface area contributed by atoms with E-state index in [0.29, 0.717) is 17.0 Å². The second-order valence-electron chi connectivity index (χ2n) is 10.3. The second kappa shape index (κ2) is 9.31. The van der Waals surface area contributed by atoms with E-state index in [4.69, 9.17) is 4.74 Å². The van der Waals surface area contributed by atoms with Crippen LogP contribution in [0.25, 0.3) is 0 Å². The number of rotatable bonds is 4. The zero-order valence-corrected chi connectivity index (χ0v) is 24.5. The van der Waals surface area contributed by atoms with E-state index in [9.17, 15) is 19.2 Å². The maximum atomic E-state index is 13.4. The number of benzene rings is 2. The van der Waals surface area contributed by atoms with Crippen molar-refractivity contribution >= 4 is 82.9 Å². The summed E-state index contributed by atoms with van der Waals surface area (Å²) in [5, 5.41) is 0. The van der Waals surface area contributed by atoms with E-state index in [2.05, 4.69) is 47.8 Å². The van der Waals surface area contributed by atoms with E-state index in [1.807, 2.05) is 24.3 Å². The molecule has 0 unspecified atom stereocenters. The lowest BCUT2D eigenvalue weighted by Crippen LogP contribution is -2.37. The summed E-state index contributed by atoms with van der Waals surface area (Å²) >= 11 is 10.8. The summed E-state index contributed by atoms with van der Waals surface area (Å²) in [6.45, 7) is 2.05. The van der Waals surface area contributed by atoms with Crippen LogP contribution in [0.2, 0.25) is 0 Å². The fraction of sp³-hybridized carbons (Fsp3) is 0.407. The first-order valence-electron chi connectivity index (χ1n) is 12.2. The van der Waals surface area contributed by atoms with Crippen LogP contribution in [-0.2, 0) is 19.2 Å². The van der Waals surface area contributed by atoms with Crippen LogP contribution in [0.1, 0.15) is 18.4 Å². The maximum Gasteiger partial charge on any atom is 0.316 e. The molecule has 2 saturated heterocycles. The number of alkyl halides is 2.